The topological polar surface area (TPSA) is 21.3 Å². The van der Waals surface area contributed by atoms with Crippen molar-refractivity contribution in [3.05, 3.63) is 34.1 Å². The molecule has 1 aromatic rings. The lowest BCUT2D eigenvalue weighted by Gasteiger charge is -2.23. The Labute approximate surface area is 116 Å². The van der Waals surface area contributed by atoms with Crippen LogP contribution < -0.4 is 5.32 Å². The third-order valence-electron chi connectivity index (χ3n) is 2.45. The van der Waals surface area contributed by atoms with Gasteiger partial charge in [0.2, 0.25) is 0 Å². The van der Waals surface area contributed by atoms with Gasteiger partial charge in [0, 0.05) is 10.9 Å². The maximum absolute atomic E-state index is 13.4. The summed E-state index contributed by atoms with van der Waals surface area (Å²) in [6.07, 6.45) is 0.570. The van der Waals surface area contributed by atoms with Crippen LogP contribution in [0.15, 0.2) is 22.7 Å². The van der Waals surface area contributed by atoms with Crippen molar-refractivity contribution in [2.75, 3.05) is 13.7 Å². The van der Waals surface area contributed by atoms with E-state index in [0.29, 0.717) is 23.1 Å². The van der Waals surface area contributed by atoms with Gasteiger partial charge in [0.1, 0.15) is 11.5 Å². The normalized spacial score (nSPS) is 10.9. The van der Waals surface area contributed by atoms with Gasteiger partial charge < -0.3 is 4.74 Å². The molecule has 0 heterocycles. The molecule has 0 saturated carbocycles. The van der Waals surface area contributed by atoms with E-state index in [1.165, 1.54) is 6.07 Å². The molecule has 4 heteroatoms. The minimum absolute atomic E-state index is 0.312. The Kier molecular flexibility index (Phi) is 5.80. The van der Waals surface area contributed by atoms with Crippen LogP contribution in [0.3, 0.4) is 0 Å². The Morgan fingerprint density at radius 1 is 1.44 bits per heavy atom. The zero-order valence-electron chi connectivity index (χ0n) is 10.8. The summed E-state index contributed by atoms with van der Waals surface area (Å²) in [4.78, 5) is 0. The second kappa shape index (κ2) is 6.89. The van der Waals surface area contributed by atoms with E-state index in [4.69, 9.17) is 4.74 Å². The van der Waals surface area contributed by atoms with E-state index in [1.54, 1.807) is 12.1 Å². The Morgan fingerprint density at radius 2 is 2.17 bits per heavy atom. The first-order valence-corrected chi connectivity index (χ1v) is 6.51. The predicted octanol–water partition coefficient (Wildman–Crippen LogP) is 3.30. The molecule has 0 amide bonds. The lowest BCUT2D eigenvalue weighted by Crippen LogP contribution is -2.39. The number of hydrogen-bond acceptors (Lipinski definition) is 2. The molecule has 0 radical (unpaired) electrons. The highest BCUT2D eigenvalue weighted by atomic mass is 79.9. The molecule has 18 heavy (non-hydrogen) atoms. The highest BCUT2D eigenvalue weighted by Crippen LogP contribution is 2.14. The summed E-state index contributed by atoms with van der Waals surface area (Å²) in [5.41, 5.74) is 0.0518. The van der Waals surface area contributed by atoms with Gasteiger partial charge in [0.25, 0.3) is 0 Å². The Bertz CT molecular complexity index is 463. The van der Waals surface area contributed by atoms with Gasteiger partial charge in [0.05, 0.1) is 12.2 Å². The fourth-order valence-corrected chi connectivity index (χ4v) is 1.51. The summed E-state index contributed by atoms with van der Waals surface area (Å²) >= 11 is 3.20. The van der Waals surface area contributed by atoms with Crippen LogP contribution in [0.1, 0.15) is 25.8 Å². The summed E-state index contributed by atoms with van der Waals surface area (Å²) < 4.78 is 19.7. The van der Waals surface area contributed by atoms with Gasteiger partial charge in [0.15, 0.2) is 0 Å². The van der Waals surface area contributed by atoms with E-state index in [2.05, 4.69) is 33.1 Å². The van der Waals surface area contributed by atoms with Crippen LogP contribution in [-0.4, -0.2) is 19.4 Å². The van der Waals surface area contributed by atoms with Gasteiger partial charge in [-0.1, -0.05) is 27.8 Å². The van der Waals surface area contributed by atoms with Crippen molar-refractivity contribution in [2.45, 2.75) is 26.0 Å². The van der Waals surface area contributed by atoms with Crippen molar-refractivity contribution in [3.8, 4) is 11.8 Å². The highest BCUT2D eigenvalue weighted by molar-refractivity contribution is 9.10. The first kappa shape index (κ1) is 15.2. The maximum Gasteiger partial charge on any atom is 0.139 e. The van der Waals surface area contributed by atoms with E-state index in [0.717, 1.165) is 0 Å². The average molecular weight is 314 g/mol. The zero-order valence-corrected chi connectivity index (χ0v) is 12.4. The molecule has 0 aliphatic heterocycles. The first-order valence-electron chi connectivity index (χ1n) is 5.71. The summed E-state index contributed by atoms with van der Waals surface area (Å²) in [6, 6.07) is 4.84. The summed E-state index contributed by atoms with van der Waals surface area (Å²) in [7, 11) is 1.84. The average Bonchev–Trinajstić information content (AvgIpc) is 2.31. The second-order valence-corrected chi connectivity index (χ2v) is 5.20. The largest absolute Gasteiger partial charge is 0.360 e. The number of halogens is 2. The molecule has 0 aliphatic rings. The smallest absolute Gasteiger partial charge is 0.139 e. The molecule has 1 aromatic carbocycles. The van der Waals surface area contributed by atoms with Crippen LogP contribution in [0.2, 0.25) is 0 Å². The van der Waals surface area contributed by atoms with Crippen molar-refractivity contribution in [1.29, 1.82) is 0 Å². The van der Waals surface area contributed by atoms with Crippen LogP contribution in [0.5, 0.6) is 0 Å². The standard InChI is InChI=1S/C14H17BrFNO/c1-14(2,17-3)18-9-5-4-6-11-7-8-12(15)10-13(11)16/h7-8,10,17H,5,9H2,1-3H3. The minimum Gasteiger partial charge on any atom is -0.360 e. The van der Waals surface area contributed by atoms with Crippen LogP contribution in [0.4, 0.5) is 4.39 Å². The van der Waals surface area contributed by atoms with Crippen molar-refractivity contribution < 1.29 is 9.13 Å². The first-order chi connectivity index (χ1) is 8.44. The van der Waals surface area contributed by atoms with Gasteiger partial charge >= 0.3 is 0 Å². The molecule has 1 N–H and O–H groups in total. The summed E-state index contributed by atoms with van der Waals surface area (Å²) in [6.45, 7) is 4.39. The lowest BCUT2D eigenvalue weighted by molar-refractivity contribution is -0.0345. The minimum atomic E-state index is -0.357. The molecule has 0 bridgehead atoms. The molecule has 0 aromatic heterocycles. The van der Waals surface area contributed by atoms with Gasteiger partial charge in [-0.2, -0.15) is 0 Å². The highest BCUT2D eigenvalue weighted by Gasteiger charge is 2.13. The fraction of sp³-hybridized carbons (Fsp3) is 0.429. The monoisotopic (exact) mass is 313 g/mol. The quantitative estimate of drug-likeness (QED) is 0.523. The molecule has 0 unspecified atom stereocenters. The van der Waals surface area contributed by atoms with E-state index in [-0.39, 0.29) is 11.5 Å². The number of nitrogens with one attached hydrogen (secondary N) is 1. The zero-order chi connectivity index (χ0) is 13.6. The molecular formula is C14H17BrFNO. The van der Waals surface area contributed by atoms with Gasteiger partial charge in [-0.3, -0.25) is 5.32 Å². The molecule has 0 spiro atoms. The SMILES string of the molecule is CNC(C)(C)OCCC#Cc1ccc(Br)cc1F. The van der Waals surface area contributed by atoms with E-state index < -0.39 is 0 Å². The molecule has 0 fully saturated rings. The predicted molar refractivity (Wildman–Crippen MR) is 74.7 cm³/mol. The fourth-order valence-electron chi connectivity index (χ4n) is 1.18. The number of rotatable bonds is 4. The van der Waals surface area contributed by atoms with Crippen LogP contribution in [0, 0.1) is 17.7 Å². The van der Waals surface area contributed by atoms with Gasteiger partial charge in [-0.25, -0.2) is 4.39 Å². The van der Waals surface area contributed by atoms with Gasteiger partial charge in [-0.05, 0) is 39.1 Å². The number of ether oxygens (including phenoxy) is 1. The van der Waals surface area contributed by atoms with Crippen molar-refractivity contribution in [3.63, 3.8) is 0 Å². The summed E-state index contributed by atoms with van der Waals surface area (Å²) in [5, 5.41) is 3.03. The van der Waals surface area contributed by atoms with Crippen LogP contribution in [0.25, 0.3) is 0 Å². The summed E-state index contributed by atoms with van der Waals surface area (Å²) in [5.74, 6) is 5.39. The third kappa shape index (κ3) is 5.18. The Morgan fingerprint density at radius 3 is 2.78 bits per heavy atom. The van der Waals surface area contributed by atoms with Gasteiger partial charge in [-0.15, -0.1) is 0 Å². The Balaban J connectivity index is 2.47. The molecule has 1 rings (SSSR count). The maximum atomic E-state index is 13.4. The van der Waals surface area contributed by atoms with Crippen molar-refractivity contribution in [1.82, 2.24) is 5.32 Å². The molecule has 0 aliphatic carbocycles. The van der Waals surface area contributed by atoms with Crippen LogP contribution in [-0.2, 0) is 4.74 Å². The third-order valence-corrected chi connectivity index (χ3v) is 2.94. The molecule has 98 valence electrons. The van der Waals surface area contributed by atoms with Crippen molar-refractivity contribution >= 4 is 15.9 Å². The molecule has 2 nitrogen and oxygen atoms in total. The second-order valence-electron chi connectivity index (χ2n) is 4.28. The number of hydrogen-bond donors (Lipinski definition) is 1. The molecular weight excluding hydrogens is 297 g/mol. The van der Waals surface area contributed by atoms with Crippen molar-refractivity contribution in [2.24, 2.45) is 0 Å². The lowest BCUT2D eigenvalue weighted by atomic mass is 10.2. The molecule has 0 saturated heterocycles. The van der Waals surface area contributed by atoms with E-state index in [1.807, 2.05) is 20.9 Å². The number of benzene rings is 1. The van der Waals surface area contributed by atoms with Crippen LogP contribution >= 0.6 is 15.9 Å². The molecule has 0 atom stereocenters. The van der Waals surface area contributed by atoms with E-state index >= 15 is 0 Å². The van der Waals surface area contributed by atoms with E-state index in [9.17, 15) is 4.39 Å². The Hall–Kier alpha value is -0.890.